The van der Waals surface area contributed by atoms with Crippen LogP contribution < -0.4 is 11.1 Å². The van der Waals surface area contributed by atoms with Crippen LogP contribution in [0.3, 0.4) is 0 Å². The maximum atomic E-state index is 12.9. The van der Waals surface area contributed by atoms with Crippen molar-refractivity contribution in [2.75, 3.05) is 11.1 Å². The van der Waals surface area contributed by atoms with Gasteiger partial charge in [-0.1, -0.05) is 11.8 Å². The van der Waals surface area contributed by atoms with Gasteiger partial charge in [0.1, 0.15) is 22.9 Å². The highest BCUT2D eigenvalue weighted by atomic mass is 32.2. The Hall–Kier alpha value is -3.51. The van der Waals surface area contributed by atoms with Gasteiger partial charge in [0.05, 0.1) is 6.20 Å². The van der Waals surface area contributed by atoms with E-state index in [9.17, 15) is 4.79 Å². The van der Waals surface area contributed by atoms with Crippen LogP contribution >= 0.6 is 23.5 Å². The third-order valence-electron chi connectivity index (χ3n) is 3.43. The predicted octanol–water partition coefficient (Wildman–Crippen LogP) is 2.52. The van der Waals surface area contributed by atoms with E-state index in [1.165, 1.54) is 48.4 Å². The molecule has 0 aromatic carbocycles. The third-order valence-corrected chi connectivity index (χ3v) is 5.29. The summed E-state index contributed by atoms with van der Waals surface area (Å²) >= 11 is 2.62. The average molecular weight is 423 g/mol. The number of anilines is 2. The van der Waals surface area contributed by atoms with Crippen LogP contribution in [0.5, 0.6) is 0 Å². The van der Waals surface area contributed by atoms with E-state index in [2.05, 4.69) is 40.4 Å². The van der Waals surface area contributed by atoms with Gasteiger partial charge in [0.2, 0.25) is 0 Å². The quantitative estimate of drug-likeness (QED) is 0.422. The molecule has 0 radical (unpaired) electrons. The molecule has 0 spiro atoms. The molecule has 0 saturated carbocycles. The summed E-state index contributed by atoms with van der Waals surface area (Å²) < 4.78 is 0. The van der Waals surface area contributed by atoms with Crippen molar-refractivity contribution < 1.29 is 4.79 Å². The van der Waals surface area contributed by atoms with E-state index in [1.54, 1.807) is 18.3 Å². The molecule has 0 aliphatic rings. The first-order chi connectivity index (χ1) is 14.2. The van der Waals surface area contributed by atoms with Crippen LogP contribution in [-0.2, 0) is 0 Å². The minimum atomic E-state index is -0.406. The molecule has 4 N–H and O–H groups in total. The normalized spacial score (nSPS) is 10.6. The van der Waals surface area contributed by atoms with E-state index in [1.807, 2.05) is 12.1 Å². The molecule has 0 atom stereocenters. The number of aromatic amines is 1. The Morgan fingerprint density at radius 2 is 1.97 bits per heavy atom. The lowest BCUT2D eigenvalue weighted by Gasteiger charge is -2.10. The van der Waals surface area contributed by atoms with Gasteiger partial charge >= 0.3 is 0 Å². The molecule has 0 saturated heterocycles. The summed E-state index contributed by atoms with van der Waals surface area (Å²) in [7, 11) is 0. The van der Waals surface area contributed by atoms with E-state index >= 15 is 0 Å². The second-order valence-corrected chi connectivity index (χ2v) is 7.58. The summed E-state index contributed by atoms with van der Waals surface area (Å²) in [5.41, 5.74) is 5.88. The fraction of sp³-hybridized carbons (Fsp3) is 0. The summed E-state index contributed by atoms with van der Waals surface area (Å²) in [6.45, 7) is 0. The number of nitrogens with one attached hydrogen (secondary N) is 2. The SMILES string of the molecule is Nc1ccc(Sc2ccc(Sc3ncn[nH]3)nc2C(=O)Nc2cnccn2)cn1. The van der Waals surface area contributed by atoms with Crippen molar-refractivity contribution in [3.8, 4) is 0 Å². The Kier molecular flexibility index (Phi) is 5.63. The molecular weight excluding hydrogens is 410 g/mol. The van der Waals surface area contributed by atoms with Crippen molar-refractivity contribution in [1.29, 1.82) is 0 Å². The topological polar surface area (TPSA) is 148 Å². The third kappa shape index (κ3) is 4.86. The molecule has 0 unspecified atom stereocenters. The molecule has 0 bridgehead atoms. The first-order valence-electron chi connectivity index (χ1n) is 8.18. The van der Waals surface area contributed by atoms with Gasteiger partial charge < -0.3 is 11.1 Å². The number of hydrogen-bond donors (Lipinski definition) is 3. The second-order valence-electron chi connectivity index (χ2n) is 5.45. The number of amides is 1. The Bertz CT molecular complexity index is 1110. The number of rotatable bonds is 6. The molecule has 29 heavy (non-hydrogen) atoms. The first kappa shape index (κ1) is 18.8. The number of nitrogens with zero attached hydrogens (tertiary/aromatic N) is 6. The van der Waals surface area contributed by atoms with Crippen LogP contribution in [0.1, 0.15) is 10.5 Å². The standard InChI is InChI=1S/C17H13N9OS2/c18-12-3-1-10(7-21-12)28-11-2-4-14(29-17-22-9-23-26-17)25-15(11)16(27)24-13-8-19-5-6-20-13/h1-9H,(H2,18,21)(H,20,24,27)(H,22,23,26). The molecule has 12 heteroatoms. The number of nitrogens with two attached hydrogens (primary N) is 1. The van der Waals surface area contributed by atoms with Gasteiger partial charge in [-0.25, -0.2) is 19.9 Å². The van der Waals surface area contributed by atoms with Gasteiger partial charge in [-0.15, -0.1) is 0 Å². The molecule has 10 nitrogen and oxygen atoms in total. The monoisotopic (exact) mass is 423 g/mol. The predicted molar refractivity (Wildman–Crippen MR) is 108 cm³/mol. The molecule has 4 rings (SSSR count). The molecular formula is C17H13N9OS2. The largest absolute Gasteiger partial charge is 0.384 e. The minimum Gasteiger partial charge on any atom is -0.384 e. The van der Waals surface area contributed by atoms with E-state index in [0.717, 1.165) is 4.90 Å². The zero-order valence-electron chi connectivity index (χ0n) is 14.7. The number of aromatic nitrogens is 7. The minimum absolute atomic E-state index is 0.238. The van der Waals surface area contributed by atoms with Crippen LogP contribution in [0, 0.1) is 0 Å². The molecule has 1 amide bonds. The summed E-state index contributed by atoms with van der Waals surface area (Å²) in [6.07, 6.45) is 7.53. The van der Waals surface area contributed by atoms with Crippen molar-refractivity contribution in [3.05, 3.63) is 61.1 Å². The maximum Gasteiger partial charge on any atom is 0.276 e. The summed E-state index contributed by atoms with van der Waals surface area (Å²) in [5, 5.41) is 10.4. The average Bonchev–Trinajstić information content (AvgIpc) is 3.24. The van der Waals surface area contributed by atoms with E-state index in [-0.39, 0.29) is 5.69 Å². The number of nitrogen functional groups attached to an aromatic ring is 1. The number of pyridine rings is 2. The summed E-state index contributed by atoms with van der Waals surface area (Å²) in [4.78, 5) is 35.0. The Balaban J connectivity index is 1.65. The van der Waals surface area contributed by atoms with Crippen molar-refractivity contribution in [1.82, 2.24) is 35.1 Å². The van der Waals surface area contributed by atoms with Crippen molar-refractivity contribution in [2.45, 2.75) is 20.0 Å². The van der Waals surface area contributed by atoms with Crippen LogP contribution in [0.25, 0.3) is 0 Å². The molecule has 0 aliphatic heterocycles. The summed E-state index contributed by atoms with van der Waals surface area (Å²) in [5.74, 6) is 0.348. The number of carbonyl (C=O) groups excluding carboxylic acids is 1. The zero-order valence-corrected chi connectivity index (χ0v) is 16.3. The van der Waals surface area contributed by atoms with Crippen molar-refractivity contribution in [2.24, 2.45) is 0 Å². The second kappa shape index (κ2) is 8.67. The Labute approximate surface area is 173 Å². The zero-order chi connectivity index (χ0) is 20.1. The lowest BCUT2D eigenvalue weighted by Crippen LogP contribution is -2.16. The number of carbonyl (C=O) groups is 1. The lowest BCUT2D eigenvalue weighted by molar-refractivity contribution is 0.101. The van der Waals surface area contributed by atoms with Gasteiger partial charge in [-0.05, 0) is 36.0 Å². The fourth-order valence-corrected chi connectivity index (χ4v) is 3.73. The number of hydrogen-bond acceptors (Lipinski definition) is 10. The van der Waals surface area contributed by atoms with Crippen LogP contribution in [-0.4, -0.2) is 41.0 Å². The Morgan fingerprint density at radius 3 is 2.69 bits per heavy atom. The van der Waals surface area contributed by atoms with Crippen LogP contribution in [0.2, 0.25) is 0 Å². The maximum absolute atomic E-state index is 12.9. The van der Waals surface area contributed by atoms with Gasteiger partial charge in [0.25, 0.3) is 5.91 Å². The van der Waals surface area contributed by atoms with Crippen LogP contribution in [0.15, 0.2) is 75.4 Å². The molecule has 4 heterocycles. The Morgan fingerprint density at radius 1 is 1.03 bits per heavy atom. The fourth-order valence-electron chi connectivity index (χ4n) is 2.19. The van der Waals surface area contributed by atoms with E-state index < -0.39 is 5.91 Å². The van der Waals surface area contributed by atoms with Gasteiger partial charge in [-0.3, -0.25) is 14.9 Å². The van der Waals surface area contributed by atoms with E-state index in [0.29, 0.717) is 26.7 Å². The molecule has 4 aromatic rings. The van der Waals surface area contributed by atoms with E-state index in [4.69, 9.17) is 5.73 Å². The van der Waals surface area contributed by atoms with Crippen LogP contribution in [0.4, 0.5) is 11.6 Å². The van der Waals surface area contributed by atoms with Gasteiger partial charge in [0.15, 0.2) is 11.0 Å². The highest BCUT2D eigenvalue weighted by Crippen LogP contribution is 2.32. The highest BCUT2D eigenvalue weighted by molar-refractivity contribution is 7.99. The van der Waals surface area contributed by atoms with Crippen molar-refractivity contribution >= 4 is 41.1 Å². The summed E-state index contributed by atoms with van der Waals surface area (Å²) in [6, 6.07) is 7.15. The van der Waals surface area contributed by atoms with Crippen molar-refractivity contribution in [3.63, 3.8) is 0 Å². The molecule has 0 aliphatic carbocycles. The van der Waals surface area contributed by atoms with Gasteiger partial charge in [-0.2, -0.15) is 5.10 Å². The smallest absolute Gasteiger partial charge is 0.276 e. The lowest BCUT2D eigenvalue weighted by atomic mass is 10.3. The number of H-pyrrole nitrogens is 1. The molecule has 0 fully saturated rings. The highest BCUT2D eigenvalue weighted by Gasteiger charge is 2.17. The first-order valence-corrected chi connectivity index (χ1v) is 9.82. The molecule has 4 aromatic heterocycles. The molecule has 144 valence electrons. The van der Waals surface area contributed by atoms with Gasteiger partial charge in [0, 0.05) is 28.4 Å².